The molecule has 8 rings (SSSR count). The average Bonchev–Trinajstić information content (AvgIpc) is 3.49. The van der Waals surface area contributed by atoms with Crippen LogP contribution >= 0.6 is 0 Å². The van der Waals surface area contributed by atoms with Gasteiger partial charge in [0, 0.05) is 18.3 Å². The summed E-state index contributed by atoms with van der Waals surface area (Å²) < 4.78 is 31.9. The van der Waals surface area contributed by atoms with Gasteiger partial charge in [-0.05, 0) is 105 Å². The fourth-order valence-electron chi connectivity index (χ4n) is 14.4. The van der Waals surface area contributed by atoms with Gasteiger partial charge in [0.25, 0.3) is 0 Å². The van der Waals surface area contributed by atoms with Crippen LogP contribution in [0.3, 0.4) is 0 Å². The van der Waals surface area contributed by atoms with Crippen LogP contribution in [0.2, 0.25) is 0 Å². The maximum Gasteiger partial charge on any atom is 0.303 e. The smallest absolute Gasteiger partial charge is 0.303 e. The third kappa shape index (κ3) is 3.88. The number of aliphatic hydroxyl groups excluding tert-OH is 4. The molecule has 47 heavy (non-hydrogen) atoms. The molecule has 0 radical (unpaired) electrons. The first-order valence-electron chi connectivity index (χ1n) is 18.4. The maximum atomic E-state index is 12.8. The van der Waals surface area contributed by atoms with Crippen molar-refractivity contribution in [3.8, 4) is 0 Å². The first kappa shape index (κ1) is 33.3. The number of hydrogen-bond donors (Lipinski definition) is 4. The van der Waals surface area contributed by atoms with Gasteiger partial charge in [0.05, 0.1) is 18.8 Å². The minimum Gasteiger partial charge on any atom is -0.457 e. The van der Waals surface area contributed by atoms with Gasteiger partial charge < -0.3 is 44.1 Å². The Kier molecular flexibility index (Phi) is 7.03. The number of fused-ring (bicyclic) bond motifs is 4. The molecule has 0 amide bonds. The molecule has 266 valence electrons. The molecule has 2 bridgehead atoms. The van der Waals surface area contributed by atoms with E-state index in [4.69, 9.17) is 23.7 Å². The fourth-order valence-corrected chi connectivity index (χ4v) is 14.4. The van der Waals surface area contributed by atoms with Crippen molar-refractivity contribution < 1.29 is 48.9 Å². The van der Waals surface area contributed by atoms with Crippen LogP contribution in [-0.4, -0.2) is 93.4 Å². The minimum atomic E-state index is -1.29. The van der Waals surface area contributed by atoms with Gasteiger partial charge >= 0.3 is 5.97 Å². The van der Waals surface area contributed by atoms with E-state index in [0.717, 1.165) is 51.4 Å². The topological polar surface area (TPSA) is 144 Å². The number of carbonyl (C=O) groups is 1. The summed E-state index contributed by atoms with van der Waals surface area (Å²) in [5, 5.41) is 43.7. The van der Waals surface area contributed by atoms with Gasteiger partial charge in [-0.25, -0.2) is 0 Å². The summed E-state index contributed by atoms with van der Waals surface area (Å²) in [5.74, 6) is -0.402. The molecule has 3 spiro atoms. The standard InChI is InChI=1S/C37H58O10/c1-18-15-21-28(32(5,6)45-19(2)38)47-37(46-21)27(18)33(7)13-14-36-17-35(36)12-11-24(44-29-26(41)25(40)20(39)16-43-29)31(3,4)22(35)9-10-23(36)34(33,8)30(37)42/h18,20-30,39-42H,9-17H2,1-8H3/t18-,20+,21?,22?,23?,24+,25+,26-,27-,28?,29+,30-,33-,34-,35-,36+,37+/m1/s1. The molecule has 3 aliphatic heterocycles. The van der Waals surface area contributed by atoms with E-state index < -0.39 is 53.6 Å². The molecule has 8 aliphatic rings. The third-order valence-electron chi connectivity index (χ3n) is 16.3. The van der Waals surface area contributed by atoms with Crippen molar-refractivity contribution in [2.45, 2.75) is 167 Å². The predicted octanol–water partition coefficient (Wildman–Crippen LogP) is 3.69. The first-order chi connectivity index (χ1) is 21.8. The normalized spacial score (nSPS) is 58.8. The Morgan fingerprint density at radius 1 is 0.894 bits per heavy atom. The van der Waals surface area contributed by atoms with Gasteiger partial charge in [-0.15, -0.1) is 0 Å². The number of esters is 1. The van der Waals surface area contributed by atoms with Crippen LogP contribution in [0.4, 0.5) is 0 Å². The van der Waals surface area contributed by atoms with E-state index in [1.807, 2.05) is 13.8 Å². The molecule has 0 aromatic carbocycles. The van der Waals surface area contributed by atoms with E-state index in [1.54, 1.807) is 0 Å². The predicted molar refractivity (Wildman–Crippen MR) is 168 cm³/mol. The number of ether oxygens (including phenoxy) is 5. The Balaban J connectivity index is 1.09. The monoisotopic (exact) mass is 662 g/mol. The van der Waals surface area contributed by atoms with Crippen molar-refractivity contribution in [3.05, 3.63) is 0 Å². The maximum absolute atomic E-state index is 12.8. The van der Waals surface area contributed by atoms with Crippen molar-refractivity contribution in [2.75, 3.05) is 6.61 Å². The van der Waals surface area contributed by atoms with E-state index in [-0.39, 0.29) is 58.3 Å². The number of hydrogen-bond acceptors (Lipinski definition) is 10. The minimum absolute atomic E-state index is 0.0329. The summed E-state index contributed by atoms with van der Waals surface area (Å²) in [7, 11) is 0. The van der Waals surface area contributed by atoms with Crippen LogP contribution in [0.25, 0.3) is 0 Å². The van der Waals surface area contributed by atoms with Crippen molar-refractivity contribution in [1.29, 1.82) is 0 Å². The molecule has 3 heterocycles. The van der Waals surface area contributed by atoms with Gasteiger partial charge in [-0.2, -0.15) is 0 Å². The molecule has 3 saturated heterocycles. The fraction of sp³-hybridized carbons (Fsp3) is 0.973. The largest absolute Gasteiger partial charge is 0.457 e. The van der Waals surface area contributed by atoms with Crippen molar-refractivity contribution in [3.63, 3.8) is 0 Å². The highest BCUT2D eigenvalue weighted by Gasteiger charge is 2.88. The highest BCUT2D eigenvalue weighted by atomic mass is 16.8. The lowest BCUT2D eigenvalue weighted by Gasteiger charge is -2.63. The van der Waals surface area contributed by atoms with Crippen LogP contribution in [-0.2, 0) is 28.5 Å². The Bertz CT molecular complexity index is 1320. The van der Waals surface area contributed by atoms with Crippen LogP contribution in [0.15, 0.2) is 0 Å². The Labute approximate surface area is 279 Å². The third-order valence-corrected chi connectivity index (χ3v) is 16.3. The van der Waals surface area contributed by atoms with E-state index in [0.29, 0.717) is 11.8 Å². The zero-order valence-corrected chi connectivity index (χ0v) is 29.5. The lowest BCUT2D eigenvalue weighted by molar-refractivity contribution is -0.303. The Morgan fingerprint density at radius 3 is 2.28 bits per heavy atom. The van der Waals surface area contributed by atoms with E-state index in [1.165, 1.54) is 6.92 Å². The lowest BCUT2D eigenvalue weighted by atomic mass is 9.41. The summed E-state index contributed by atoms with van der Waals surface area (Å²) in [6.07, 6.45) is 1.72. The SMILES string of the molecule is CC(=O)OC(C)(C)C1O[C@@]23OC1C[C@@H](C)[C@@H]2[C@@]1(C)CC[C@@]24C[C@@]25CC[C@H](O[C@@H]2OC[C@H](O)[C@H](O)[C@H]2O)C(C)(C)C5CCC4[C@]1(C)[C@H]3O. The molecular formula is C37H58O10. The molecule has 10 nitrogen and oxygen atoms in total. The van der Waals surface area contributed by atoms with Gasteiger partial charge in [0.1, 0.15) is 36.1 Å². The zero-order valence-electron chi connectivity index (χ0n) is 29.5. The molecule has 10 heteroatoms. The van der Waals surface area contributed by atoms with E-state index in [2.05, 4.69) is 34.6 Å². The average molecular weight is 663 g/mol. The van der Waals surface area contributed by atoms with Crippen molar-refractivity contribution >= 4 is 5.97 Å². The van der Waals surface area contributed by atoms with E-state index >= 15 is 0 Å². The first-order valence-corrected chi connectivity index (χ1v) is 18.4. The quantitative estimate of drug-likeness (QED) is 0.260. The Hall–Kier alpha value is -0.850. The lowest BCUT2D eigenvalue weighted by Crippen LogP contribution is -2.61. The molecule has 8 fully saturated rings. The molecule has 0 aromatic heterocycles. The van der Waals surface area contributed by atoms with Gasteiger partial charge in [0.15, 0.2) is 12.1 Å². The summed E-state index contributed by atoms with van der Waals surface area (Å²) in [6, 6.07) is 0. The zero-order chi connectivity index (χ0) is 33.9. The van der Waals surface area contributed by atoms with Gasteiger partial charge in [-0.1, -0.05) is 34.6 Å². The molecule has 5 aliphatic carbocycles. The second-order valence-electron chi connectivity index (χ2n) is 18.8. The highest BCUT2D eigenvalue weighted by Crippen LogP contribution is 2.90. The van der Waals surface area contributed by atoms with Crippen LogP contribution in [0.5, 0.6) is 0 Å². The van der Waals surface area contributed by atoms with Gasteiger partial charge in [0.2, 0.25) is 0 Å². The van der Waals surface area contributed by atoms with Crippen molar-refractivity contribution in [2.24, 2.45) is 50.7 Å². The van der Waals surface area contributed by atoms with Crippen LogP contribution < -0.4 is 0 Å². The molecule has 4 N–H and O–H groups in total. The summed E-state index contributed by atoms with van der Waals surface area (Å²) >= 11 is 0. The number of aliphatic hydroxyl groups is 4. The summed E-state index contributed by atoms with van der Waals surface area (Å²) in [5.41, 5.74) is -1.36. The van der Waals surface area contributed by atoms with Crippen LogP contribution in [0, 0.1) is 50.7 Å². The molecule has 5 saturated carbocycles. The summed E-state index contributed by atoms with van der Waals surface area (Å²) in [6.45, 7) is 16.8. The molecule has 4 unspecified atom stereocenters. The van der Waals surface area contributed by atoms with Gasteiger partial charge in [-0.3, -0.25) is 4.79 Å². The van der Waals surface area contributed by atoms with Crippen LogP contribution in [0.1, 0.15) is 107 Å². The second kappa shape index (κ2) is 9.93. The Morgan fingerprint density at radius 2 is 1.57 bits per heavy atom. The van der Waals surface area contributed by atoms with E-state index in [9.17, 15) is 25.2 Å². The highest BCUT2D eigenvalue weighted by molar-refractivity contribution is 5.66. The second-order valence-corrected chi connectivity index (χ2v) is 18.8. The number of carbonyl (C=O) groups excluding carboxylic acids is 1. The van der Waals surface area contributed by atoms with Crippen molar-refractivity contribution in [1.82, 2.24) is 0 Å². The summed E-state index contributed by atoms with van der Waals surface area (Å²) in [4.78, 5) is 12.1. The molecule has 0 aromatic rings. The number of rotatable bonds is 4. The molecular weight excluding hydrogens is 604 g/mol. The molecule has 17 atom stereocenters.